The summed E-state index contributed by atoms with van der Waals surface area (Å²) in [7, 11) is 5.18. The number of nitrogens with one attached hydrogen (secondary N) is 1. The highest BCUT2D eigenvalue weighted by Crippen LogP contribution is 2.34. The Kier molecular flexibility index (Phi) is 5.10. The molecule has 0 fully saturated rings. The largest absolute Gasteiger partial charge is 0.493 e. The SMILES string of the molecule is CNC(c1ccc(OC)c(OC)c1)c1ccc(C)cc1Cl. The van der Waals surface area contributed by atoms with Crippen LogP contribution in [0.3, 0.4) is 0 Å². The molecule has 0 saturated carbocycles. The van der Waals surface area contributed by atoms with E-state index < -0.39 is 0 Å². The number of hydrogen-bond donors (Lipinski definition) is 1. The predicted octanol–water partition coefficient (Wildman–Crippen LogP) is 3.97. The van der Waals surface area contributed by atoms with Gasteiger partial charge in [0, 0.05) is 5.02 Å². The van der Waals surface area contributed by atoms with E-state index in [0.29, 0.717) is 11.5 Å². The molecule has 0 bridgehead atoms. The van der Waals surface area contributed by atoms with E-state index in [0.717, 1.165) is 21.7 Å². The molecule has 0 aliphatic carbocycles. The molecule has 2 aromatic carbocycles. The molecule has 0 saturated heterocycles. The molecule has 0 radical (unpaired) electrons. The monoisotopic (exact) mass is 305 g/mol. The lowest BCUT2D eigenvalue weighted by Crippen LogP contribution is -2.18. The predicted molar refractivity (Wildman–Crippen MR) is 86.6 cm³/mol. The van der Waals surface area contributed by atoms with E-state index in [-0.39, 0.29) is 6.04 Å². The van der Waals surface area contributed by atoms with Gasteiger partial charge in [0.05, 0.1) is 20.3 Å². The zero-order chi connectivity index (χ0) is 15.4. The molecule has 112 valence electrons. The average molecular weight is 306 g/mol. The molecule has 1 atom stereocenters. The quantitative estimate of drug-likeness (QED) is 0.906. The smallest absolute Gasteiger partial charge is 0.161 e. The molecule has 1 unspecified atom stereocenters. The van der Waals surface area contributed by atoms with Gasteiger partial charge >= 0.3 is 0 Å². The topological polar surface area (TPSA) is 30.5 Å². The molecule has 0 spiro atoms. The molecule has 0 amide bonds. The van der Waals surface area contributed by atoms with Crippen LogP contribution in [0.2, 0.25) is 5.02 Å². The van der Waals surface area contributed by atoms with E-state index in [2.05, 4.69) is 17.4 Å². The summed E-state index contributed by atoms with van der Waals surface area (Å²) in [5.41, 5.74) is 3.25. The van der Waals surface area contributed by atoms with E-state index in [4.69, 9.17) is 21.1 Å². The van der Waals surface area contributed by atoms with Crippen molar-refractivity contribution in [1.29, 1.82) is 0 Å². The highest BCUT2D eigenvalue weighted by molar-refractivity contribution is 6.31. The molecule has 21 heavy (non-hydrogen) atoms. The fraction of sp³-hybridized carbons (Fsp3) is 0.294. The summed E-state index contributed by atoms with van der Waals surface area (Å²) in [5, 5.41) is 4.06. The van der Waals surface area contributed by atoms with Gasteiger partial charge in [-0.2, -0.15) is 0 Å². The van der Waals surface area contributed by atoms with Gasteiger partial charge in [0.1, 0.15) is 0 Å². The minimum atomic E-state index is -0.00194. The molecular formula is C17H20ClNO2. The standard InChI is InChI=1S/C17H20ClNO2/c1-11-5-7-13(14(18)9-11)17(19-2)12-6-8-15(20-3)16(10-12)21-4/h5-10,17,19H,1-4H3. The third kappa shape index (κ3) is 3.31. The van der Waals surface area contributed by atoms with E-state index >= 15 is 0 Å². The molecule has 0 aliphatic heterocycles. The second kappa shape index (κ2) is 6.83. The molecule has 2 rings (SSSR count). The lowest BCUT2D eigenvalue weighted by Gasteiger charge is -2.20. The van der Waals surface area contributed by atoms with Gasteiger partial charge in [-0.3, -0.25) is 0 Å². The van der Waals surface area contributed by atoms with Gasteiger partial charge in [0.25, 0.3) is 0 Å². The molecule has 0 aromatic heterocycles. The Morgan fingerprint density at radius 3 is 2.29 bits per heavy atom. The first kappa shape index (κ1) is 15.7. The van der Waals surface area contributed by atoms with Crippen molar-refractivity contribution in [2.24, 2.45) is 0 Å². The zero-order valence-electron chi connectivity index (χ0n) is 12.7. The summed E-state index contributed by atoms with van der Waals surface area (Å²) in [6.07, 6.45) is 0. The molecule has 1 N–H and O–H groups in total. The number of ether oxygens (including phenoxy) is 2. The second-order valence-electron chi connectivity index (χ2n) is 4.86. The van der Waals surface area contributed by atoms with Gasteiger partial charge in [-0.25, -0.2) is 0 Å². The molecule has 0 heterocycles. The fourth-order valence-corrected chi connectivity index (χ4v) is 2.74. The lowest BCUT2D eigenvalue weighted by molar-refractivity contribution is 0.354. The van der Waals surface area contributed by atoms with Crippen LogP contribution in [0.4, 0.5) is 0 Å². The van der Waals surface area contributed by atoms with Crippen molar-refractivity contribution in [1.82, 2.24) is 5.32 Å². The Labute approximate surface area is 130 Å². The fourth-order valence-electron chi connectivity index (χ4n) is 2.40. The van der Waals surface area contributed by atoms with E-state index in [1.54, 1.807) is 14.2 Å². The highest BCUT2D eigenvalue weighted by Gasteiger charge is 2.17. The normalized spacial score (nSPS) is 12.0. The maximum Gasteiger partial charge on any atom is 0.161 e. The van der Waals surface area contributed by atoms with Crippen LogP contribution in [-0.2, 0) is 0 Å². The Morgan fingerprint density at radius 1 is 1.00 bits per heavy atom. The van der Waals surface area contributed by atoms with Crippen LogP contribution in [-0.4, -0.2) is 21.3 Å². The first-order chi connectivity index (χ1) is 10.1. The van der Waals surface area contributed by atoms with Crippen molar-refractivity contribution in [3.05, 3.63) is 58.1 Å². The number of halogens is 1. The number of hydrogen-bond acceptors (Lipinski definition) is 3. The second-order valence-corrected chi connectivity index (χ2v) is 5.27. The van der Waals surface area contributed by atoms with Crippen molar-refractivity contribution in [2.45, 2.75) is 13.0 Å². The molecule has 0 aliphatic rings. The summed E-state index contributed by atoms with van der Waals surface area (Å²) in [6, 6.07) is 12.0. The maximum absolute atomic E-state index is 6.39. The highest BCUT2D eigenvalue weighted by atomic mass is 35.5. The van der Waals surface area contributed by atoms with E-state index in [1.807, 2.05) is 38.2 Å². The lowest BCUT2D eigenvalue weighted by atomic mass is 9.97. The summed E-state index contributed by atoms with van der Waals surface area (Å²) < 4.78 is 10.6. The third-order valence-corrected chi connectivity index (χ3v) is 3.82. The van der Waals surface area contributed by atoms with Crippen LogP contribution in [0, 0.1) is 6.92 Å². The van der Waals surface area contributed by atoms with Gasteiger partial charge in [-0.15, -0.1) is 0 Å². The van der Waals surface area contributed by atoms with Crippen molar-refractivity contribution in [3.8, 4) is 11.5 Å². The number of aryl methyl sites for hydroxylation is 1. The Hall–Kier alpha value is -1.71. The first-order valence-electron chi connectivity index (χ1n) is 6.76. The van der Waals surface area contributed by atoms with Crippen molar-refractivity contribution < 1.29 is 9.47 Å². The number of benzene rings is 2. The summed E-state index contributed by atoms with van der Waals surface area (Å²) in [6.45, 7) is 2.03. The van der Waals surface area contributed by atoms with Crippen LogP contribution in [0.25, 0.3) is 0 Å². The van der Waals surface area contributed by atoms with Gasteiger partial charge in [-0.05, 0) is 48.9 Å². The van der Waals surface area contributed by atoms with Crippen molar-refractivity contribution in [2.75, 3.05) is 21.3 Å². The van der Waals surface area contributed by atoms with E-state index in [1.165, 1.54) is 0 Å². The van der Waals surface area contributed by atoms with Gasteiger partial charge in [0.2, 0.25) is 0 Å². The van der Waals surface area contributed by atoms with Crippen LogP contribution < -0.4 is 14.8 Å². The van der Waals surface area contributed by atoms with Crippen LogP contribution in [0.5, 0.6) is 11.5 Å². The minimum Gasteiger partial charge on any atom is -0.493 e. The maximum atomic E-state index is 6.39. The zero-order valence-corrected chi connectivity index (χ0v) is 13.5. The Morgan fingerprint density at radius 2 is 1.71 bits per heavy atom. The minimum absolute atomic E-state index is 0.00194. The van der Waals surface area contributed by atoms with E-state index in [9.17, 15) is 0 Å². The van der Waals surface area contributed by atoms with Crippen LogP contribution in [0.1, 0.15) is 22.7 Å². The summed E-state index contributed by atoms with van der Waals surface area (Å²) in [5.74, 6) is 1.42. The number of rotatable bonds is 5. The van der Waals surface area contributed by atoms with Crippen molar-refractivity contribution >= 4 is 11.6 Å². The molecule has 4 heteroatoms. The summed E-state index contributed by atoms with van der Waals surface area (Å²) in [4.78, 5) is 0. The van der Waals surface area contributed by atoms with Gasteiger partial charge in [0.15, 0.2) is 11.5 Å². The Bertz CT molecular complexity index is 628. The Balaban J connectivity index is 2.46. The number of methoxy groups -OCH3 is 2. The van der Waals surface area contributed by atoms with Gasteiger partial charge in [-0.1, -0.05) is 29.8 Å². The molecule has 2 aromatic rings. The van der Waals surface area contributed by atoms with Crippen LogP contribution in [0.15, 0.2) is 36.4 Å². The van der Waals surface area contributed by atoms with Crippen LogP contribution >= 0.6 is 11.6 Å². The first-order valence-corrected chi connectivity index (χ1v) is 7.13. The molecule has 3 nitrogen and oxygen atoms in total. The molecular weight excluding hydrogens is 286 g/mol. The average Bonchev–Trinajstić information content (AvgIpc) is 2.49. The summed E-state index contributed by atoms with van der Waals surface area (Å²) >= 11 is 6.39. The van der Waals surface area contributed by atoms with Crippen molar-refractivity contribution in [3.63, 3.8) is 0 Å². The van der Waals surface area contributed by atoms with Gasteiger partial charge < -0.3 is 14.8 Å². The third-order valence-electron chi connectivity index (χ3n) is 3.50.